The summed E-state index contributed by atoms with van der Waals surface area (Å²) in [7, 11) is 0. The number of hydrogen-bond donors (Lipinski definition) is 0. The van der Waals surface area contributed by atoms with Crippen molar-refractivity contribution in [1.82, 2.24) is 4.98 Å². The molecule has 0 N–H and O–H groups in total. The van der Waals surface area contributed by atoms with Gasteiger partial charge in [-0.1, -0.05) is 66.2 Å². The van der Waals surface area contributed by atoms with Crippen LogP contribution in [0.5, 0.6) is 0 Å². The zero-order chi connectivity index (χ0) is 25.1. The van der Waals surface area contributed by atoms with Crippen LogP contribution in [0.4, 0.5) is 8.78 Å². The van der Waals surface area contributed by atoms with Crippen molar-refractivity contribution in [1.29, 1.82) is 0 Å². The number of Topliss-reactive ketones (excluding diaryl/α,β-unsaturated/α-hetero) is 1. The van der Waals surface area contributed by atoms with Gasteiger partial charge in [0.2, 0.25) is 0 Å². The lowest BCUT2D eigenvalue weighted by Gasteiger charge is -2.20. The van der Waals surface area contributed by atoms with Gasteiger partial charge in [0.25, 0.3) is 0 Å². The van der Waals surface area contributed by atoms with Crippen LogP contribution in [-0.2, 0) is 17.6 Å². The monoisotopic (exact) mass is 479 g/mol. The second-order valence-corrected chi connectivity index (χ2v) is 9.49. The van der Waals surface area contributed by atoms with Gasteiger partial charge >= 0.3 is 0 Å². The van der Waals surface area contributed by atoms with Gasteiger partial charge in [0.15, 0.2) is 0 Å². The van der Waals surface area contributed by atoms with Gasteiger partial charge in [-0.2, -0.15) is 0 Å². The van der Waals surface area contributed by atoms with E-state index in [0.29, 0.717) is 18.4 Å². The Hall–Kier alpha value is -3.92. The number of carbonyl (C=O) groups excluding carboxylic acids is 1. The van der Waals surface area contributed by atoms with E-state index in [2.05, 4.69) is 23.2 Å². The second kappa shape index (κ2) is 10.4. The number of aryl methyl sites for hydroxylation is 1. The Labute approximate surface area is 210 Å². The van der Waals surface area contributed by atoms with E-state index in [1.807, 2.05) is 55.5 Å². The van der Waals surface area contributed by atoms with Crippen LogP contribution in [0, 0.1) is 18.6 Å². The van der Waals surface area contributed by atoms with Crippen LogP contribution >= 0.6 is 0 Å². The molecule has 0 amide bonds. The molecule has 0 spiro atoms. The van der Waals surface area contributed by atoms with Crippen LogP contribution < -0.4 is 0 Å². The number of pyridine rings is 1. The van der Waals surface area contributed by atoms with E-state index in [1.54, 1.807) is 6.20 Å². The number of aromatic nitrogens is 1. The number of nitrogens with zero attached hydrogens (tertiary/aromatic N) is 1. The van der Waals surface area contributed by atoms with Gasteiger partial charge in [0, 0.05) is 36.6 Å². The van der Waals surface area contributed by atoms with E-state index in [-0.39, 0.29) is 18.1 Å². The highest BCUT2D eigenvalue weighted by atomic mass is 19.1. The van der Waals surface area contributed by atoms with Gasteiger partial charge in [-0.25, -0.2) is 8.78 Å². The average molecular weight is 480 g/mol. The Kier molecular flexibility index (Phi) is 6.86. The molecule has 5 rings (SSSR count). The first-order valence-electron chi connectivity index (χ1n) is 12.2. The van der Waals surface area contributed by atoms with Gasteiger partial charge in [0.1, 0.15) is 17.4 Å². The zero-order valence-electron chi connectivity index (χ0n) is 20.2. The first-order valence-corrected chi connectivity index (χ1v) is 12.2. The third-order valence-corrected chi connectivity index (χ3v) is 6.79. The Balaban J connectivity index is 1.47. The summed E-state index contributed by atoms with van der Waals surface area (Å²) in [6.45, 7) is 2.03. The topological polar surface area (TPSA) is 30.0 Å². The lowest BCUT2D eigenvalue weighted by molar-refractivity contribution is -0.118. The fourth-order valence-corrected chi connectivity index (χ4v) is 5.08. The highest BCUT2D eigenvalue weighted by Crippen LogP contribution is 2.35. The van der Waals surface area contributed by atoms with Gasteiger partial charge in [-0.3, -0.25) is 9.78 Å². The number of carbonyl (C=O) groups is 1. The number of rotatable bonds is 8. The summed E-state index contributed by atoms with van der Waals surface area (Å²) in [4.78, 5) is 18.1. The van der Waals surface area contributed by atoms with Crippen molar-refractivity contribution in [3.8, 4) is 11.1 Å². The molecular weight excluding hydrogens is 452 g/mol. The molecule has 0 aliphatic heterocycles. The van der Waals surface area contributed by atoms with Crippen molar-refractivity contribution in [2.75, 3.05) is 0 Å². The molecular formula is C32H27F2NO. The smallest absolute Gasteiger partial charge is 0.137 e. The van der Waals surface area contributed by atoms with Crippen molar-refractivity contribution >= 4 is 11.4 Å². The van der Waals surface area contributed by atoms with Crippen molar-refractivity contribution in [3.05, 3.63) is 131 Å². The Morgan fingerprint density at radius 1 is 0.917 bits per heavy atom. The fourth-order valence-electron chi connectivity index (χ4n) is 5.08. The molecule has 0 bridgehead atoms. The number of fused-ring (bicyclic) bond motifs is 1. The van der Waals surface area contributed by atoms with Crippen LogP contribution in [0.2, 0.25) is 0 Å². The molecule has 1 aromatic heterocycles. The van der Waals surface area contributed by atoms with Gasteiger partial charge < -0.3 is 0 Å². The average Bonchev–Trinajstić information content (AvgIpc) is 3.26. The van der Waals surface area contributed by atoms with E-state index in [0.717, 1.165) is 46.0 Å². The second-order valence-electron chi connectivity index (χ2n) is 9.49. The summed E-state index contributed by atoms with van der Waals surface area (Å²) < 4.78 is 28.0. The normalized spacial score (nSPS) is 13.2. The first-order chi connectivity index (χ1) is 17.5. The summed E-state index contributed by atoms with van der Waals surface area (Å²) in [6, 6.07) is 23.7. The van der Waals surface area contributed by atoms with Crippen LogP contribution in [0.3, 0.4) is 0 Å². The molecule has 3 aromatic carbocycles. The molecule has 36 heavy (non-hydrogen) atoms. The molecule has 180 valence electrons. The molecule has 1 atom stereocenters. The van der Waals surface area contributed by atoms with Crippen LogP contribution in [0.1, 0.15) is 46.7 Å². The number of hydrogen-bond acceptors (Lipinski definition) is 2. The number of halogens is 2. The highest BCUT2D eigenvalue weighted by molar-refractivity contribution is 5.92. The lowest BCUT2D eigenvalue weighted by Crippen LogP contribution is -2.13. The minimum absolute atomic E-state index is 0.0836. The van der Waals surface area contributed by atoms with Crippen LogP contribution in [0.25, 0.3) is 16.7 Å². The zero-order valence-corrected chi connectivity index (χ0v) is 20.2. The first kappa shape index (κ1) is 23.8. The van der Waals surface area contributed by atoms with E-state index in [4.69, 9.17) is 0 Å². The van der Waals surface area contributed by atoms with Gasteiger partial charge in [0.05, 0.1) is 5.69 Å². The van der Waals surface area contributed by atoms with E-state index >= 15 is 0 Å². The maximum Gasteiger partial charge on any atom is 0.137 e. The largest absolute Gasteiger partial charge is 0.299 e. The van der Waals surface area contributed by atoms with Gasteiger partial charge in [-0.05, 0) is 65.8 Å². The number of ketones is 1. The van der Waals surface area contributed by atoms with Crippen molar-refractivity contribution in [2.24, 2.45) is 0 Å². The molecule has 0 fully saturated rings. The van der Waals surface area contributed by atoms with Crippen molar-refractivity contribution in [3.63, 3.8) is 0 Å². The fraction of sp³-hybridized carbons (Fsp3) is 0.188. The maximum atomic E-state index is 14.0. The predicted octanol–water partition coefficient (Wildman–Crippen LogP) is 7.65. The molecule has 0 saturated carbocycles. The molecule has 0 unspecified atom stereocenters. The summed E-state index contributed by atoms with van der Waals surface area (Å²) in [5, 5.41) is 0. The quantitative estimate of drug-likeness (QED) is 0.260. The molecule has 2 nitrogen and oxygen atoms in total. The summed E-state index contributed by atoms with van der Waals surface area (Å²) in [6.07, 6.45) is 5.55. The predicted molar refractivity (Wildman–Crippen MR) is 140 cm³/mol. The van der Waals surface area contributed by atoms with Crippen LogP contribution in [0.15, 0.2) is 91.1 Å². The lowest BCUT2D eigenvalue weighted by atomic mass is 9.85. The van der Waals surface area contributed by atoms with Crippen molar-refractivity contribution < 1.29 is 13.6 Å². The molecule has 4 heteroatoms. The number of benzene rings is 3. The molecule has 4 aromatic rings. The van der Waals surface area contributed by atoms with Gasteiger partial charge in [-0.15, -0.1) is 0 Å². The van der Waals surface area contributed by atoms with E-state index in [1.165, 1.54) is 17.7 Å². The minimum atomic E-state index is -0.623. The van der Waals surface area contributed by atoms with E-state index in [9.17, 15) is 13.6 Å². The third-order valence-electron chi connectivity index (χ3n) is 6.79. The maximum absolute atomic E-state index is 14.0. The minimum Gasteiger partial charge on any atom is -0.299 e. The number of allylic oxidation sites excluding steroid dienone is 2. The summed E-state index contributed by atoms with van der Waals surface area (Å²) in [5.74, 6) is -1.49. The van der Waals surface area contributed by atoms with Crippen LogP contribution in [-0.4, -0.2) is 10.8 Å². The SMILES string of the molecule is Cc1ccc(-c2cccnc2[C@@H](CC(=O)CC2=CCc3ccccc32)Cc2cc(F)cc(F)c2)cc1. The summed E-state index contributed by atoms with van der Waals surface area (Å²) >= 11 is 0. The Morgan fingerprint density at radius 3 is 2.42 bits per heavy atom. The third kappa shape index (κ3) is 5.33. The molecule has 1 aliphatic carbocycles. The highest BCUT2D eigenvalue weighted by Gasteiger charge is 2.24. The Bertz CT molecular complexity index is 1420. The molecule has 0 saturated heterocycles. The summed E-state index contributed by atoms with van der Waals surface area (Å²) in [5.41, 5.74) is 7.77. The molecule has 1 aliphatic rings. The standard InChI is InChI=1S/C32H27F2NO/c1-21-8-10-24(11-9-21)31-7-4-14-35-32(31)26(15-22-16-27(33)20-28(34)17-22)19-29(36)18-25-13-12-23-5-2-3-6-30(23)25/h2-11,13-14,16-17,20,26H,12,15,18-19H2,1H3/t26-/m1/s1. The molecule has 0 radical (unpaired) electrons. The Morgan fingerprint density at radius 2 is 1.64 bits per heavy atom. The molecule has 1 heterocycles. The van der Waals surface area contributed by atoms with E-state index < -0.39 is 11.6 Å². The van der Waals surface area contributed by atoms with Crippen molar-refractivity contribution in [2.45, 2.75) is 38.5 Å².